The molecular formula is C9H11ClN2O3. The van der Waals surface area contributed by atoms with E-state index in [0.29, 0.717) is 5.69 Å². The van der Waals surface area contributed by atoms with E-state index in [1.54, 1.807) is 0 Å². The molecule has 0 heterocycles. The second-order valence-corrected chi connectivity index (χ2v) is 3.48. The molecule has 6 N–H and O–H groups in total. The van der Waals surface area contributed by atoms with Crippen molar-refractivity contribution in [1.29, 1.82) is 0 Å². The number of rotatable bonds is 3. The van der Waals surface area contributed by atoms with Crippen LogP contribution in [0.15, 0.2) is 18.2 Å². The summed E-state index contributed by atoms with van der Waals surface area (Å²) in [6, 6.07) is 4.29. The second kappa shape index (κ2) is 4.48. The van der Waals surface area contributed by atoms with Gasteiger partial charge >= 0.3 is 0 Å². The van der Waals surface area contributed by atoms with Crippen LogP contribution >= 0.6 is 11.6 Å². The fraction of sp³-hybridized carbons (Fsp3) is 0.222. The van der Waals surface area contributed by atoms with E-state index in [-0.39, 0.29) is 10.6 Å². The highest BCUT2D eigenvalue weighted by Gasteiger charge is 2.23. The Kier molecular flexibility index (Phi) is 3.52. The van der Waals surface area contributed by atoms with Crippen molar-refractivity contribution in [3.05, 3.63) is 28.8 Å². The molecule has 1 amide bonds. The molecule has 1 aromatic carbocycles. The number of primary amides is 1. The Morgan fingerprint density at radius 2 is 2.00 bits per heavy atom. The Morgan fingerprint density at radius 3 is 2.47 bits per heavy atom. The molecule has 15 heavy (non-hydrogen) atoms. The maximum atomic E-state index is 10.6. The summed E-state index contributed by atoms with van der Waals surface area (Å²) < 4.78 is 0. The lowest BCUT2D eigenvalue weighted by atomic mass is 10.0. The summed E-state index contributed by atoms with van der Waals surface area (Å²) >= 11 is 5.71. The Bertz CT molecular complexity index is 384. The maximum absolute atomic E-state index is 10.6. The molecule has 2 atom stereocenters. The van der Waals surface area contributed by atoms with E-state index in [0.717, 1.165) is 0 Å². The molecule has 0 fully saturated rings. The molecule has 0 aliphatic rings. The summed E-state index contributed by atoms with van der Waals surface area (Å²) in [4.78, 5) is 10.6. The van der Waals surface area contributed by atoms with Gasteiger partial charge in [-0.25, -0.2) is 0 Å². The summed E-state index contributed by atoms with van der Waals surface area (Å²) in [5.74, 6) is -1.00. The number of nitrogens with two attached hydrogens (primary N) is 2. The van der Waals surface area contributed by atoms with Gasteiger partial charge in [0.1, 0.15) is 6.10 Å². The molecular weight excluding hydrogens is 220 g/mol. The third kappa shape index (κ3) is 2.59. The first kappa shape index (κ1) is 11.8. The monoisotopic (exact) mass is 230 g/mol. The SMILES string of the molecule is NC(=O)C(O)C(O)c1ccc(N)c(Cl)c1. The fourth-order valence-electron chi connectivity index (χ4n) is 1.07. The summed E-state index contributed by atoms with van der Waals surface area (Å²) in [6.45, 7) is 0. The van der Waals surface area contributed by atoms with Crippen LogP contribution in [0.2, 0.25) is 5.02 Å². The Balaban J connectivity index is 2.96. The van der Waals surface area contributed by atoms with Gasteiger partial charge < -0.3 is 21.7 Å². The van der Waals surface area contributed by atoms with E-state index in [2.05, 4.69) is 0 Å². The smallest absolute Gasteiger partial charge is 0.249 e. The Labute approximate surface area is 91.3 Å². The van der Waals surface area contributed by atoms with E-state index >= 15 is 0 Å². The Morgan fingerprint density at radius 1 is 1.40 bits per heavy atom. The van der Waals surface area contributed by atoms with Crippen LogP contribution < -0.4 is 11.5 Å². The molecule has 2 unspecified atom stereocenters. The van der Waals surface area contributed by atoms with Gasteiger partial charge in [0.05, 0.1) is 10.7 Å². The molecule has 1 rings (SSSR count). The lowest BCUT2D eigenvalue weighted by Crippen LogP contribution is -2.33. The average molecular weight is 231 g/mol. The number of halogens is 1. The van der Waals surface area contributed by atoms with E-state index in [1.807, 2.05) is 0 Å². The summed E-state index contributed by atoms with van der Waals surface area (Å²) in [5.41, 5.74) is 10.9. The quantitative estimate of drug-likeness (QED) is 0.539. The zero-order valence-electron chi connectivity index (χ0n) is 7.72. The molecule has 0 radical (unpaired) electrons. The van der Waals surface area contributed by atoms with Crippen LogP contribution in [0, 0.1) is 0 Å². The van der Waals surface area contributed by atoms with E-state index < -0.39 is 18.1 Å². The highest BCUT2D eigenvalue weighted by Crippen LogP contribution is 2.25. The van der Waals surface area contributed by atoms with Crippen molar-refractivity contribution in [3.8, 4) is 0 Å². The number of benzene rings is 1. The van der Waals surface area contributed by atoms with Gasteiger partial charge in [-0.15, -0.1) is 0 Å². The summed E-state index contributed by atoms with van der Waals surface area (Å²) in [7, 11) is 0. The third-order valence-corrected chi connectivity index (χ3v) is 2.28. The number of aliphatic hydroxyl groups excluding tert-OH is 2. The van der Waals surface area contributed by atoms with Gasteiger partial charge in [0, 0.05) is 0 Å². The molecule has 0 aliphatic heterocycles. The molecule has 0 aliphatic carbocycles. The zero-order chi connectivity index (χ0) is 11.6. The molecule has 0 bridgehead atoms. The van der Waals surface area contributed by atoms with Crippen molar-refractivity contribution in [2.75, 3.05) is 5.73 Å². The van der Waals surface area contributed by atoms with Gasteiger partial charge in [-0.2, -0.15) is 0 Å². The number of hydrogen-bond acceptors (Lipinski definition) is 4. The molecule has 0 spiro atoms. The van der Waals surface area contributed by atoms with Crippen molar-refractivity contribution in [1.82, 2.24) is 0 Å². The van der Waals surface area contributed by atoms with Crippen LogP contribution in [-0.2, 0) is 4.79 Å². The number of carbonyl (C=O) groups is 1. The first-order valence-corrected chi connectivity index (χ1v) is 4.51. The van der Waals surface area contributed by atoms with Gasteiger partial charge in [-0.1, -0.05) is 17.7 Å². The number of nitrogen functional groups attached to an aromatic ring is 1. The van der Waals surface area contributed by atoms with Gasteiger partial charge in [-0.05, 0) is 17.7 Å². The van der Waals surface area contributed by atoms with Crippen LogP contribution in [0.1, 0.15) is 11.7 Å². The van der Waals surface area contributed by atoms with Gasteiger partial charge in [0.15, 0.2) is 6.10 Å². The van der Waals surface area contributed by atoms with Crippen LogP contribution in [0.25, 0.3) is 0 Å². The minimum absolute atomic E-state index is 0.239. The van der Waals surface area contributed by atoms with Crippen LogP contribution in [0.4, 0.5) is 5.69 Å². The molecule has 0 saturated carbocycles. The number of carbonyl (C=O) groups excluding carboxylic acids is 1. The van der Waals surface area contributed by atoms with E-state index in [4.69, 9.17) is 23.1 Å². The molecule has 1 aromatic rings. The maximum Gasteiger partial charge on any atom is 0.249 e. The predicted octanol–water partition coefficient (Wildman–Crippen LogP) is -0.198. The highest BCUT2D eigenvalue weighted by molar-refractivity contribution is 6.33. The largest absolute Gasteiger partial charge is 0.398 e. The number of aliphatic hydroxyl groups is 2. The van der Waals surface area contributed by atoms with Crippen LogP contribution in [0.3, 0.4) is 0 Å². The van der Waals surface area contributed by atoms with Crippen molar-refractivity contribution >= 4 is 23.2 Å². The second-order valence-electron chi connectivity index (χ2n) is 3.07. The normalized spacial score (nSPS) is 14.6. The van der Waals surface area contributed by atoms with Crippen LogP contribution in [-0.4, -0.2) is 22.2 Å². The number of anilines is 1. The Hall–Kier alpha value is -1.30. The van der Waals surface area contributed by atoms with E-state index in [9.17, 15) is 15.0 Å². The fourth-order valence-corrected chi connectivity index (χ4v) is 1.25. The van der Waals surface area contributed by atoms with Gasteiger partial charge in [0.25, 0.3) is 0 Å². The molecule has 0 aromatic heterocycles. The van der Waals surface area contributed by atoms with Crippen molar-refractivity contribution < 1.29 is 15.0 Å². The van der Waals surface area contributed by atoms with E-state index in [1.165, 1.54) is 18.2 Å². The first-order valence-electron chi connectivity index (χ1n) is 4.14. The van der Waals surface area contributed by atoms with Gasteiger partial charge in [0.2, 0.25) is 5.91 Å². The number of amides is 1. The summed E-state index contributed by atoms with van der Waals surface area (Å²) in [6.07, 6.45) is -3.06. The summed E-state index contributed by atoms with van der Waals surface area (Å²) in [5, 5.41) is 19.0. The molecule has 5 nitrogen and oxygen atoms in total. The number of hydrogen-bond donors (Lipinski definition) is 4. The third-order valence-electron chi connectivity index (χ3n) is 1.96. The van der Waals surface area contributed by atoms with Crippen LogP contribution in [0.5, 0.6) is 0 Å². The average Bonchev–Trinajstić information content (AvgIpc) is 2.19. The lowest BCUT2D eigenvalue weighted by molar-refractivity contribution is -0.131. The first-order chi connectivity index (χ1) is 6.93. The topological polar surface area (TPSA) is 110 Å². The highest BCUT2D eigenvalue weighted by atomic mass is 35.5. The molecule has 0 saturated heterocycles. The zero-order valence-corrected chi connectivity index (χ0v) is 8.48. The van der Waals surface area contributed by atoms with Crippen molar-refractivity contribution in [2.24, 2.45) is 5.73 Å². The van der Waals surface area contributed by atoms with Crippen molar-refractivity contribution in [3.63, 3.8) is 0 Å². The predicted molar refractivity (Wildman–Crippen MR) is 56.0 cm³/mol. The lowest BCUT2D eigenvalue weighted by Gasteiger charge is -2.15. The van der Waals surface area contributed by atoms with Crippen molar-refractivity contribution in [2.45, 2.75) is 12.2 Å². The standard InChI is InChI=1S/C9H11ClN2O3/c10-5-3-4(1-2-6(5)11)7(13)8(14)9(12)15/h1-3,7-8,13-14H,11H2,(H2,12,15). The minimum Gasteiger partial charge on any atom is -0.398 e. The molecule has 6 heteroatoms. The minimum atomic E-state index is -1.66. The van der Waals surface area contributed by atoms with Gasteiger partial charge in [-0.3, -0.25) is 4.79 Å². The molecule has 82 valence electrons.